The molecule has 19 heavy (non-hydrogen) atoms. The minimum absolute atomic E-state index is 0.128. The van der Waals surface area contributed by atoms with Crippen molar-refractivity contribution in [3.05, 3.63) is 47.2 Å². The van der Waals surface area contributed by atoms with E-state index in [0.29, 0.717) is 10.7 Å². The van der Waals surface area contributed by atoms with Gasteiger partial charge in [-0.3, -0.25) is 0 Å². The summed E-state index contributed by atoms with van der Waals surface area (Å²) in [5, 5.41) is 3.32. The second-order valence-electron chi connectivity index (χ2n) is 3.79. The molecule has 0 atom stereocenters. The Morgan fingerprint density at radius 3 is 2.37 bits per heavy atom. The maximum absolute atomic E-state index is 12.5. The molecule has 3 nitrogen and oxygen atoms in total. The van der Waals surface area contributed by atoms with Gasteiger partial charge in [0.25, 0.3) is 0 Å². The summed E-state index contributed by atoms with van der Waals surface area (Å²) < 4.78 is 37.6. The molecule has 1 aromatic heterocycles. The van der Waals surface area contributed by atoms with Crippen molar-refractivity contribution >= 4 is 28.7 Å². The maximum Gasteiger partial charge on any atom is 0.433 e. The number of nitrogens with zero attached hydrogens (tertiary/aromatic N) is 1. The number of aromatic nitrogens is 1. The first-order valence-corrected chi connectivity index (χ1v) is 5.59. The molecular formula is C12H9ClF3N3. The first-order chi connectivity index (χ1) is 8.86. The Morgan fingerprint density at radius 2 is 1.79 bits per heavy atom. The van der Waals surface area contributed by atoms with Gasteiger partial charge in [-0.2, -0.15) is 13.2 Å². The van der Waals surface area contributed by atoms with E-state index in [2.05, 4.69) is 10.3 Å². The van der Waals surface area contributed by atoms with E-state index in [4.69, 9.17) is 17.3 Å². The molecule has 2 aromatic rings. The van der Waals surface area contributed by atoms with Gasteiger partial charge in [-0.25, -0.2) is 4.98 Å². The van der Waals surface area contributed by atoms with Gasteiger partial charge in [0.05, 0.1) is 17.6 Å². The molecule has 0 fully saturated rings. The molecule has 0 aliphatic heterocycles. The molecule has 7 heteroatoms. The molecule has 2 rings (SSSR count). The molecular weight excluding hydrogens is 279 g/mol. The van der Waals surface area contributed by atoms with Crippen LogP contribution in [0.25, 0.3) is 0 Å². The van der Waals surface area contributed by atoms with Crippen LogP contribution in [-0.2, 0) is 6.18 Å². The van der Waals surface area contributed by atoms with E-state index in [0.717, 1.165) is 12.3 Å². The van der Waals surface area contributed by atoms with Gasteiger partial charge >= 0.3 is 6.18 Å². The maximum atomic E-state index is 12.5. The highest BCUT2D eigenvalue weighted by molar-refractivity contribution is 6.30. The molecule has 0 radical (unpaired) electrons. The van der Waals surface area contributed by atoms with Crippen LogP contribution in [0.2, 0.25) is 5.02 Å². The van der Waals surface area contributed by atoms with Crippen molar-refractivity contribution in [2.75, 3.05) is 11.1 Å². The summed E-state index contributed by atoms with van der Waals surface area (Å²) in [5.41, 5.74) is 5.44. The number of nitrogens with one attached hydrogen (secondary N) is 1. The average molecular weight is 288 g/mol. The zero-order chi connectivity index (χ0) is 14.0. The first-order valence-electron chi connectivity index (χ1n) is 5.21. The molecule has 0 saturated carbocycles. The Kier molecular flexibility index (Phi) is 3.53. The van der Waals surface area contributed by atoms with Crippen LogP contribution in [0.4, 0.5) is 30.2 Å². The standard InChI is InChI=1S/C12H9ClF3N3/c13-7-1-3-8(4-2-7)19-10-5-11(12(14,15)16)18-6-9(10)17/h1-6H,17H2,(H,18,19). The van der Waals surface area contributed by atoms with E-state index < -0.39 is 11.9 Å². The quantitative estimate of drug-likeness (QED) is 0.875. The molecule has 1 heterocycles. The van der Waals surface area contributed by atoms with E-state index >= 15 is 0 Å². The molecule has 0 unspecified atom stereocenters. The number of rotatable bonds is 2. The van der Waals surface area contributed by atoms with Crippen LogP contribution in [0.5, 0.6) is 0 Å². The minimum Gasteiger partial charge on any atom is -0.396 e. The molecule has 0 aliphatic rings. The molecule has 0 aliphatic carbocycles. The molecule has 3 N–H and O–H groups in total. The lowest BCUT2D eigenvalue weighted by atomic mass is 10.2. The topological polar surface area (TPSA) is 50.9 Å². The Bertz CT molecular complexity index is 582. The molecule has 100 valence electrons. The van der Waals surface area contributed by atoms with Crippen LogP contribution in [0.15, 0.2) is 36.5 Å². The Morgan fingerprint density at radius 1 is 1.16 bits per heavy atom. The average Bonchev–Trinajstić information content (AvgIpc) is 2.33. The van der Waals surface area contributed by atoms with Gasteiger partial charge in [0.1, 0.15) is 5.69 Å². The van der Waals surface area contributed by atoms with Crippen LogP contribution in [0.3, 0.4) is 0 Å². The van der Waals surface area contributed by atoms with E-state index in [9.17, 15) is 13.2 Å². The van der Waals surface area contributed by atoms with Crippen LogP contribution in [-0.4, -0.2) is 4.98 Å². The van der Waals surface area contributed by atoms with Crippen molar-refractivity contribution in [3.8, 4) is 0 Å². The number of alkyl halides is 3. The summed E-state index contributed by atoms with van der Waals surface area (Å²) in [5.74, 6) is 0. The lowest BCUT2D eigenvalue weighted by molar-refractivity contribution is -0.141. The number of hydrogen-bond acceptors (Lipinski definition) is 3. The van der Waals surface area contributed by atoms with Gasteiger partial charge in [-0.1, -0.05) is 11.6 Å². The van der Waals surface area contributed by atoms with Gasteiger partial charge in [-0.05, 0) is 30.3 Å². The first kappa shape index (κ1) is 13.5. The second kappa shape index (κ2) is 4.97. The third-order valence-corrected chi connectivity index (χ3v) is 2.60. The Hall–Kier alpha value is -1.95. The summed E-state index contributed by atoms with van der Waals surface area (Å²) in [7, 11) is 0. The Balaban J connectivity index is 2.31. The summed E-state index contributed by atoms with van der Waals surface area (Å²) >= 11 is 5.72. The number of benzene rings is 1. The zero-order valence-electron chi connectivity index (χ0n) is 9.50. The molecule has 0 spiro atoms. The second-order valence-corrected chi connectivity index (χ2v) is 4.22. The van der Waals surface area contributed by atoms with Crippen molar-refractivity contribution in [2.24, 2.45) is 0 Å². The van der Waals surface area contributed by atoms with Crippen LogP contribution in [0, 0.1) is 0 Å². The largest absolute Gasteiger partial charge is 0.433 e. The number of nitrogen functional groups attached to an aromatic ring is 1. The van der Waals surface area contributed by atoms with Gasteiger partial charge < -0.3 is 11.1 Å². The summed E-state index contributed by atoms with van der Waals surface area (Å²) in [4.78, 5) is 3.25. The van der Waals surface area contributed by atoms with Crippen LogP contribution >= 0.6 is 11.6 Å². The van der Waals surface area contributed by atoms with E-state index in [1.54, 1.807) is 24.3 Å². The van der Waals surface area contributed by atoms with Crippen LogP contribution < -0.4 is 11.1 Å². The molecule has 1 aromatic carbocycles. The third-order valence-electron chi connectivity index (χ3n) is 2.35. The van der Waals surface area contributed by atoms with Gasteiger partial charge in [-0.15, -0.1) is 0 Å². The number of hydrogen-bond donors (Lipinski definition) is 2. The summed E-state index contributed by atoms with van der Waals surface area (Å²) in [6.07, 6.45) is -3.54. The highest BCUT2D eigenvalue weighted by atomic mass is 35.5. The lowest BCUT2D eigenvalue weighted by Crippen LogP contribution is -2.09. The number of nitrogens with two attached hydrogens (primary N) is 1. The summed E-state index contributed by atoms with van der Waals surface area (Å²) in [6, 6.07) is 7.37. The van der Waals surface area contributed by atoms with Crippen molar-refractivity contribution in [1.29, 1.82) is 0 Å². The fourth-order valence-corrected chi connectivity index (χ4v) is 1.54. The van der Waals surface area contributed by atoms with Crippen molar-refractivity contribution in [2.45, 2.75) is 6.18 Å². The zero-order valence-corrected chi connectivity index (χ0v) is 10.3. The molecule has 0 amide bonds. The fraction of sp³-hybridized carbons (Fsp3) is 0.0833. The smallest absolute Gasteiger partial charge is 0.396 e. The SMILES string of the molecule is Nc1cnc(C(F)(F)F)cc1Nc1ccc(Cl)cc1. The van der Waals surface area contributed by atoms with E-state index in [1.807, 2.05) is 0 Å². The highest BCUT2D eigenvalue weighted by Crippen LogP contribution is 2.32. The highest BCUT2D eigenvalue weighted by Gasteiger charge is 2.32. The third kappa shape index (κ3) is 3.29. The fourth-order valence-electron chi connectivity index (χ4n) is 1.42. The minimum atomic E-state index is -4.51. The van der Waals surface area contributed by atoms with E-state index in [1.165, 1.54) is 0 Å². The number of halogens is 4. The monoisotopic (exact) mass is 287 g/mol. The number of anilines is 3. The normalized spacial score (nSPS) is 11.4. The van der Waals surface area contributed by atoms with Crippen molar-refractivity contribution in [1.82, 2.24) is 4.98 Å². The van der Waals surface area contributed by atoms with Crippen molar-refractivity contribution < 1.29 is 13.2 Å². The van der Waals surface area contributed by atoms with Gasteiger partial charge in [0.2, 0.25) is 0 Å². The van der Waals surface area contributed by atoms with E-state index in [-0.39, 0.29) is 11.4 Å². The predicted molar refractivity (Wildman–Crippen MR) is 68.4 cm³/mol. The van der Waals surface area contributed by atoms with Crippen molar-refractivity contribution in [3.63, 3.8) is 0 Å². The Labute approximate surface area is 112 Å². The number of pyridine rings is 1. The van der Waals surface area contributed by atoms with Gasteiger partial charge in [0.15, 0.2) is 0 Å². The predicted octanol–water partition coefficient (Wildman–Crippen LogP) is 4.08. The summed E-state index contributed by atoms with van der Waals surface area (Å²) in [6.45, 7) is 0. The molecule has 0 saturated heterocycles. The van der Waals surface area contributed by atoms with Crippen LogP contribution in [0.1, 0.15) is 5.69 Å². The van der Waals surface area contributed by atoms with Gasteiger partial charge in [0, 0.05) is 10.7 Å². The lowest BCUT2D eigenvalue weighted by Gasteiger charge is -2.12. The molecule has 0 bridgehead atoms.